The largest absolute Gasteiger partial charge is 0.254 e. The highest BCUT2D eigenvalue weighted by molar-refractivity contribution is 7.19. The maximum atomic E-state index is 9.65. The third-order valence-corrected chi connectivity index (χ3v) is 9.12. The molecule has 0 saturated carbocycles. The number of pyridine rings is 2. The molecular weight excluding hydrogens is 613 g/mol. The summed E-state index contributed by atoms with van der Waals surface area (Å²) in [6.07, 6.45) is -0.599. The molecule has 0 unspecified atom stereocenters. The summed E-state index contributed by atoms with van der Waals surface area (Å²) in [6.45, 7) is 0. The van der Waals surface area contributed by atoms with E-state index in [-0.39, 0.29) is 81.2 Å². The number of rotatable bonds is 4. The van der Waals surface area contributed by atoms with E-state index in [1.807, 2.05) is 0 Å². The van der Waals surface area contributed by atoms with Gasteiger partial charge in [-0.3, -0.25) is 4.98 Å². The van der Waals surface area contributed by atoms with Crippen LogP contribution in [0.25, 0.3) is 97.4 Å². The van der Waals surface area contributed by atoms with Gasteiger partial charge in [-0.15, -0.1) is 11.3 Å². The summed E-state index contributed by atoms with van der Waals surface area (Å²) < 4.78 is 194. The summed E-state index contributed by atoms with van der Waals surface area (Å²) in [5, 5.41) is -1.26. The molecule has 228 valence electrons. The third-order valence-electron chi connectivity index (χ3n) is 8.10. The van der Waals surface area contributed by atoms with Crippen molar-refractivity contribution in [2.45, 2.75) is 0 Å². The zero-order chi connectivity index (χ0) is 51.5. The quantitative estimate of drug-likeness (QED) is 0.175. The van der Waals surface area contributed by atoms with Gasteiger partial charge in [0.15, 0.2) is 0 Å². The zero-order valence-corrected chi connectivity index (χ0v) is 25.6. The molecule has 3 heteroatoms. The normalized spacial score (nSPS) is 18.0. The lowest BCUT2D eigenvalue weighted by Crippen LogP contribution is -1.91. The van der Waals surface area contributed by atoms with Crippen molar-refractivity contribution in [2.24, 2.45) is 0 Å². The van der Waals surface area contributed by atoms with Crippen LogP contribution in [0.2, 0.25) is 0 Å². The van der Waals surface area contributed by atoms with Crippen LogP contribution in [0.1, 0.15) is 30.2 Å². The highest BCUT2D eigenvalue weighted by Crippen LogP contribution is 2.42. The maximum Gasteiger partial charge on any atom is 0.0972 e. The van der Waals surface area contributed by atoms with Gasteiger partial charge in [-0.05, 0) is 85.3 Å². The molecule has 0 saturated heterocycles. The molecule has 0 bridgehead atoms. The van der Waals surface area contributed by atoms with E-state index in [0.29, 0.717) is 22.1 Å². The van der Waals surface area contributed by atoms with Gasteiger partial charge in [0, 0.05) is 37.8 Å². The molecule has 0 aliphatic carbocycles. The first-order valence-electron chi connectivity index (χ1n) is 25.8. The van der Waals surface area contributed by atoms with Crippen molar-refractivity contribution in [1.82, 2.24) is 9.97 Å². The van der Waals surface area contributed by atoms with Gasteiger partial charge in [-0.2, -0.15) is 0 Å². The number of hydrogen-bond acceptors (Lipinski definition) is 3. The van der Waals surface area contributed by atoms with Crippen molar-refractivity contribution in [1.29, 1.82) is 0 Å². The maximum absolute atomic E-state index is 9.65. The van der Waals surface area contributed by atoms with Gasteiger partial charge < -0.3 is 0 Å². The first kappa shape index (κ1) is 13.8. The number of thiophene rings is 1. The Morgan fingerprint density at radius 3 is 2.04 bits per heavy atom. The van der Waals surface area contributed by atoms with Gasteiger partial charge in [0.25, 0.3) is 0 Å². The van der Waals surface area contributed by atoms with Crippen LogP contribution in [0, 0.1) is 0 Å². The number of benzene rings is 7. The van der Waals surface area contributed by atoms with Crippen molar-refractivity contribution < 1.29 is 30.2 Å². The fourth-order valence-electron chi connectivity index (χ4n) is 5.89. The minimum atomic E-state index is -0.744. The molecule has 7 aromatic carbocycles. The van der Waals surface area contributed by atoms with Gasteiger partial charge >= 0.3 is 0 Å². The van der Waals surface area contributed by atoms with Crippen LogP contribution in [0.4, 0.5) is 0 Å². The second kappa shape index (κ2) is 11.2. The molecule has 3 aromatic heterocycles. The Balaban J connectivity index is 1.23. The molecule has 0 aliphatic heterocycles. The smallest absolute Gasteiger partial charge is 0.0972 e. The molecule has 0 aliphatic rings. The zero-order valence-electron chi connectivity index (χ0n) is 46.8. The Morgan fingerprint density at radius 2 is 1.14 bits per heavy atom. The second-order valence-electron chi connectivity index (χ2n) is 10.8. The molecular formula is C46H28N2S. The summed E-state index contributed by atoms with van der Waals surface area (Å²) in [5.74, 6) is 0. The van der Waals surface area contributed by atoms with Crippen LogP contribution < -0.4 is 0 Å². The Hall–Kier alpha value is -6.16. The monoisotopic (exact) mass is 662 g/mol. The fraction of sp³-hybridized carbons (Fsp3) is 0. The third kappa shape index (κ3) is 4.62. The molecule has 10 rings (SSSR count). The van der Waals surface area contributed by atoms with Crippen LogP contribution in [0.5, 0.6) is 0 Å². The Bertz CT molecular complexity index is 4150. The lowest BCUT2D eigenvalue weighted by molar-refractivity contribution is 1.37. The van der Waals surface area contributed by atoms with Crippen molar-refractivity contribution >= 4 is 65.5 Å². The van der Waals surface area contributed by atoms with Crippen molar-refractivity contribution in [3.63, 3.8) is 0 Å². The van der Waals surface area contributed by atoms with E-state index < -0.39 is 138 Å². The van der Waals surface area contributed by atoms with Crippen molar-refractivity contribution in [2.75, 3.05) is 0 Å². The average molecular weight is 663 g/mol. The lowest BCUT2D eigenvalue weighted by Gasteiger charge is -2.13. The topological polar surface area (TPSA) is 25.8 Å². The summed E-state index contributed by atoms with van der Waals surface area (Å²) >= 11 is 0.596. The van der Waals surface area contributed by atoms with Crippen molar-refractivity contribution in [3.8, 4) is 43.3 Å². The number of aromatic nitrogens is 2. The van der Waals surface area contributed by atoms with E-state index in [1.54, 1.807) is 24.3 Å². The number of nitrogens with zero attached hydrogens (tertiary/aromatic N) is 2. The molecule has 0 radical (unpaired) electrons. The van der Waals surface area contributed by atoms with E-state index in [9.17, 15) is 5.48 Å². The predicted octanol–water partition coefficient (Wildman–Crippen LogP) is 13.0. The van der Waals surface area contributed by atoms with E-state index in [2.05, 4.69) is 9.97 Å². The van der Waals surface area contributed by atoms with Crippen LogP contribution in [-0.2, 0) is 0 Å². The molecule has 10 aromatic rings. The summed E-state index contributed by atoms with van der Waals surface area (Å²) in [7, 11) is 0. The van der Waals surface area contributed by atoms with Crippen LogP contribution in [-0.4, -0.2) is 9.97 Å². The molecule has 2 nitrogen and oxygen atoms in total. The van der Waals surface area contributed by atoms with Gasteiger partial charge in [0.2, 0.25) is 0 Å². The highest BCUT2D eigenvalue weighted by Gasteiger charge is 2.15. The first-order chi connectivity index (χ1) is 33.5. The minimum Gasteiger partial charge on any atom is -0.254 e. The average Bonchev–Trinajstić information content (AvgIpc) is 3.63. The molecule has 0 atom stereocenters. The van der Waals surface area contributed by atoms with E-state index in [0.717, 1.165) is 0 Å². The van der Waals surface area contributed by atoms with Gasteiger partial charge in [-0.1, -0.05) is 127 Å². The molecule has 0 N–H and O–H groups in total. The summed E-state index contributed by atoms with van der Waals surface area (Å²) in [6, 6.07) is -3.56. The van der Waals surface area contributed by atoms with Gasteiger partial charge in [0.1, 0.15) is 0 Å². The Kier molecular flexibility index (Phi) is 3.15. The van der Waals surface area contributed by atoms with E-state index in [4.69, 9.17) is 24.7 Å². The predicted molar refractivity (Wildman–Crippen MR) is 209 cm³/mol. The van der Waals surface area contributed by atoms with Crippen LogP contribution in [0.15, 0.2) is 169 Å². The van der Waals surface area contributed by atoms with Crippen molar-refractivity contribution in [3.05, 3.63) is 169 Å². The highest BCUT2D eigenvalue weighted by atomic mass is 32.1. The summed E-state index contributed by atoms with van der Waals surface area (Å²) in [5.41, 5.74) is -0.967. The Morgan fingerprint density at radius 1 is 0.449 bits per heavy atom. The Labute approximate surface area is 318 Å². The lowest BCUT2D eigenvalue weighted by atomic mass is 9.92. The number of fused-ring (bicyclic) bond motifs is 7. The first-order valence-corrected chi connectivity index (χ1v) is 15.6. The standard InChI is InChI=1S/C46H28N2S/c1-2-13-34-32(9-1)28-41(39-17-6-4-14-36(34)39)44-25-24-43(49-44)33-11-7-10-31(27-33)35-21-22-40(38-16-5-3-15-37(35)38)42-23-20-30-19-18-29-12-8-26-47-45(29)46(30)48-42/h1-28H/i1D,2D,4D,6D,7D,8D,9D,10D,11D,12D,13D,14D,17D,18D,19D,20D,23D,24D,25D,26D,27D,28D. The molecule has 49 heavy (non-hydrogen) atoms. The second-order valence-corrected chi connectivity index (χ2v) is 11.9. The fourth-order valence-corrected chi connectivity index (χ4v) is 6.76. The number of hydrogen-bond donors (Lipinski definition) is 0. The van der Waals surface area contributed by atoms with E-state index in [1.165, 1.54) is 12.1 Å². The minimum absolute atomic E-state index is 0.109. The molecule has 3 heterocycles. The van der Waals surface area contributed by atoms with Gasteiger partial charge in [-0.25, -0.2) is 4.98 Å². The van der Waals surface area contributed by atoms with Crippen LogP contribution >= 0.6 is 11.3 Å². The molecule has 0 fully saturated rings. The van der Waals surface area contributed by atoms with E-state index >= 15 is 0 Å². The molecule has 0 spiro atoms. The SMILES string of the molecule is [2H]c1nc2c(c([2H])c1[2H])c([2H])c([2H])c1c([2H])c([2H])c(-c3ccc(-c4c([2H])c([2H])c([2H])c(-c5sc(-c6c([2H])c7c([2H])c([2H])c([2H])c([2H])c7c7c([2H])c([2H])c([2H])c([2H])c67)c([2H])c5[2H])c4[2H])c4ccccc34)nc12. The molecule has 0 amide bonds. The van der Waals surface area contributed by atoms with Crippen LogP contribution in [0.3, 0.4) is 0 Å². The summed E-state index contributed by atoms with van der Waals surface area (Å²) in [4.78, 5) is 8.28. The van der Waals surface area contributed by atoms with Gasteiger partial charge in [0.05, 0.1) is 46.9 Å².